The van der Waals surface area contributed by atoms with Crippen molar-refractivity contribution in [1.29, 1.82) is 0 Å². The van der Waals surface area contributed by atoms with Gasteiger partial charge in [-0.3, -0.25) is 4.55 Å². The second-order valence-corrected chi connectivity index (χ2v) is 7.37. The van der Waals surface area contributed by atoms with Crippen molar-refractivity contribution >= 4 is 26.6 Å². The standard InChI is InChI=1S/C18H15NO4S/c20-18-9-16(24(21,22)23)8-14-7-15(5-6-17(14)18)19-10-12-3-1-2-4-13(12)11-19/h1-9,20H,10-11H2,(H,21,22,23). The number of hydrogen-bond acceptors (Lipinski definition) is 4. The molecule has 5 nitrogen and oxygen atoms in total. The summed E-state index contributed by atoms with van der Waals surface area (Å²) in [5, 5.41) is 11.1. The molecule has 0 bridgehead atoms. The Morgan fingerprint density at radius 2 is 1.58 bits per heavy atom. The van der Waals surface area contributed by atoms with E-state index < -0.39 is 10.1 Å². The van der Waals surface area contributed by atoms with Crippen LogP contribution in [0, 0.1) is 0 Å². The molecule has 3 aromatic carbocycles. The molecule has 0 unspecified atom stereocenters. The number of benzene rings is 3. The third-order valence-electron chi connectivity index (χ3n) is 4.39. The molecule has 0 fully saturated rings. The molecule has 0 saturated carbocycles. The molecule has 0 radical (unpaired) electrons. The Morgan fingerprint density at radius 1 is 0.917 bits per heavy atom. The third-order valence-corrected chi connectivity index (χ3v) is 5.22. The smallest absolute Gasteiger partial charge is 0.294 e. The van der Waals surface area contributed by atoms with Crippen molar-refractivity contribution in [2.24, 2.45) is 0 Å². The van der Waals surface area contributed by atoms with Gasteiger partial charge in [-0.05, 0) is 40.8 Å². The molecule has 0 spiro atoms. The maximum Gasteiger partial charge on any atom is 0.294 e. The highest BCUT2D eigenvalue weighted by atomic mass is 32.2. The van der Waals surface area contributed by atoms with Gasteiger partial charge in [0.25, 0.3) is 10.1 Å². The van der Waals surface area contributed by atoms with Crippen LogP contribution in [0.4, 0.5) is 5.69 Å². The first kappa shape index (κ1) is 15.0. The molecule has 0 aromatic heterocycles. The van der Waals surface area contributed by atoms with Crippen LogP contribution < -0.4 is 4.90 Å². The van der Waals surface area contributed by atoms with E-state index in [0.717, 1.165) is 24.8 Å². The Hall–Kier alpha value is -2.57. The molecular weight excluding hydrogens is 326 g/mol. The van der Waals surface area contributed by atoms with Crippen molar-refractivity contribution in [3.8, 4) is 5.75 Å². The van der Waals surface area contributed by atoms with Crippen molar-refractivity contribution in [1.82, 2.24) is 0 Å². The molecule has 0 saturated heterocycles. The van der Waals surface area contributed by atoms with Crippen molar-refractivity contribution in [2.75, 3.05) is 4.90 Å². The molecule has 3 aromatic rings. The van der Waals surface area contributed by atoms with Crippen molar-refractivity contribution in [3.05, 3.63) is 65.7 Å². The first-order valence-electron chi connectivity index (χ1n) is 7.48. The summed E-state index contributed by atoms with van der Waals surface area (Å²) < 4.78 is 31.9. The predicted octanol–water partition coefficient (Wildman–Crippen LogP) is 3.31. The van der Waals surface area contributed by atoms with Gasteiger partial charge in [-0.1, -0.05) is 24.3 Å². The highest BCUT2D eigenvalue weighted by Gasteiger charge is 2.19. The van der Waals surface area contributed by atoms with E-state index in [4.69, 9.17) is 0 Å². The van der Waals surface area contributed by atoms with Crippen molar-refractivity contribution < 1.29 is 18.1 Å². The fourth-order valence-electron chi connectivity index (χ4n) is 3.17. The zero-order valence-electron chi connectivity index (χ0n) is 12.7. The van der Waals surface area contributed by atoms with E-state index >= 15 is 0 Å². The largest absolute Gasteiger partial charge is 0.507 e. The van der Waals surface area contributed by atoms with Crippen LogP contribution in [0.3, 0.4) is 0 Å². The van der Waals surface area contributed by atoms with Gasteiger partial charge >= 0.3 is 0 Å². The highest BCUT2D eigenvalue weighted by Crippen LogP contribution is 2.34. The quantitative estimate of drug-likeness (QED) is 0.699. The van der Waals surface area contributed by atoms with Crippen molar-refractivity contribution in [3.63, 3.8) is 0 Å². The Kier molecular flexibility index (Phi) is 3.26. The molecule has 1 aliphatic heterocycles. The summed E-state index contributed by atoms with van der Waals surface area (Å²) in [5.41, 5.74) is 3.48. The van der Waals surface area contributed by atoms with Crippen LogP contribution in [0.5, 0.6) is 5.75 Å². The fourth-order valence-corrected chi connectivity index (χ4v) is 3.71. The zero-order chi connectivity index (χ0) is 16.9. The average molecular weight is 341 g/mol. The van der Waals surface area contributed by atoms with Crippen LogP contribution in [0.2, 0.25) is 0 Å². The van der Waals surface area contributed by atoms with Gasteiger partial charge < -0.3 is 10.0 Å². The predicted molar refractivity (Wildman–Crippen MR) is 91.8 cm³/mol. The van der Waals surface area contributed by atoms with Crippen LogP contribution >= 0.6 is 0 Å². The number of rotatable bonds is 2. The summed E-state index contributed by atoms with van der Waals surface area (Å²) in [6.07, 6.45) is 0. The summed E-state index contributed by atoms with van der Waals surface area (Å²) in [5.74, 6) is -0.170. The van der Waals surface area contributed by atoms with E-state index in [1.165, 1.54) is 17.2 Å². The lowest BCUT2D eigenvalue weighted by molar-refractivity contribution is 0.471. The van der Waals surface area contributed by atoms with Gasteiger partial charge in [-0.25, -0.2) is 0 Å². The second kappa shape index (κ2) is 5.22. The fraction of sp³-hybridized carbons (Fsp3) is 0.111. The Balaban J connectivity index is 1.79. The minimum absolute atomic E-state index is 0.170. The van der Waals surface area contributed by atoms with E-state index in [9.17, 15) is 18.1 Å². The topological polar surface area (TPSA) is 77.8 Å². The summed E-state index contributed by atoms with van der Waals surface area (Å²) in [6.45, 7) is 1.57. The third kappa shape index (κ3) is 2.50. The molecule has 1 heterocycles. The van der Waals surface area contributed by atoms with Gasteiger partial charge in [0.1, 0.15) is 5.75 Å². The monoisotopic (exact) mass is 341 g/mol. The number of hydrogen-bond donors (Lipinski definition) is 2. The summed E-state index contributed by atoms with van der Waals surface area (Å²) in [4.78, 5) is 1.87. The molecule has 1 aliphatic rings. The van der Waals surface area contributed by atoms with E-state index in [2.05, 4.69) is 17.0 Å². The van der Waals surface area contributed by atoms with E-state index in [-0.39, 0.29) is 10.6 Å². The number of fused-ring (bicyclic) bond motifs is 2. The minimum Gasteiger partial charge on any atom is -0.507 e. The van der Waals surface area contributed by atoms with Crippen LogP contribution in [0.1, 0.15) is 11.1 Å². The van der Waals surface area contributed by atoms with E-state index in [0.29, 0.717) is 10.8 Å². The lowest BCUT2D eigenvalue weighted by atomic mass is 10.1. The SMILES string of the molecule is O=S(=O)(O)c1cc(O)c2ccc(N3Cc4ccccc4C3)cc2c1. The number of phenols is 1. The van der Waals surface area contributed by atoms with Crippen LogP contribution in [0.25, 0.3) is 10.8 Å². The van der Waals surface area contributed by atoms with E-state index in [1.807, 2.05) is 24.3 Å². The summed E-state index contributed by atoms with van der Waals surface area (Å²) in [7, 11) is -4.37. The molecular formula is C18H15NO4S. The van der Waals surface area contributed by atoms with Gasteiger partial charge in [0.05, 0.1) is 4.90 Å². The number of anilines is 1. The number of phenolic OH excluding ortho intramolecular Hbond substituents is 1. The highest BCUT2D eigenvalue weighted by molar-refractivity contribution is 7.85. The van der Waals surface area contributed by atoms with Gasteiger partial charge in [-0.15, -0.1) is 0 Å². The molecule has 6 heteroatoms. The van der Waals surface area contributed by atoms with Gasteiger partial charge in [-0.2, -0.15) is 8.42 Å². The second-order valence-electron chi connectivity index (χ2n) is 5.95. The van der Waals surface area contributed by atoms with Crippen LogP contribution in [0.15, 0.2) is 59.5 Å². The van der Waals surface area contributed by atoms with Gasteiger partial charge in [0.2, 0.25) is 0 Å². The maximum atomic E-state index is 11.4. The normalized spacial score (nSPS) is 14.1. The zero-order valence-corrected chi connectivity index (χ0v) is 13.5. The summed E-state index contributed by atoms with van der Waals surface area (Å²) in [6, 6.07) is 16.1. The molecule has 24 heavy (non-hydrogen) atoms. The Labute approximate surface area is 139 Å². The Bertz CT molecular complexity index is 1030. The Morgan fingerprint density at radius 3 is 2.21 bits per heavy atom. The maximum absolute atomic E-state index is 11.4. The molecule has 122 valence electrons. The van der Waals surface area contributed by atoms with Gasteiger partial charge in [0, 0.05) is 30.2 Å². The molecule has 0 atom stereocenters. The van der Waals surface area contributed by atoms with Crippen LogP contribution in [-0.2, 0) is 23.2 Å². The molecule has 0 aliphatic carbocycles. The lowest BCUT2D eigenvalue weighted by Gasteiger charge is -2.18. The number of nitrogens with zero attached hydrogens (tertiary/aromatic N) is 1. The lowest BCUT2D eigenvalue weighted by Crippen LogP contribution is -2.14. The minimum atomic E-state index is -4.37. The first-order chi connectivity index (χ1) is 11.4. The molecule has 2 N–H and O–H groups in total. The average Bonchev–Trinajstić information content (AvgIpc) is 2.97. The number of aromatic hydroxyl groups is 1. The van der Waals surface area contributed by atoms with Crippen molar-refractivity contribution in [2.45, 2.75) is 18.0 Å². The molecule has 0 amide bonds. The van der Waals surface area contributed by atoms with E-state index in [1.54, 1.807) is 6.07 Å². The first-order valence-corrected chi connectivity index (χ1v) is 8.92. The molecule has 4 rings (SSSR count). The summed E-state index contributed by atoms with van der Waals surface area (Å²) >= 11 is 0. The van der Waals surface area contributed by atoms with Crippen LogP contribution in [-0.4, -0.2) is 18.1 Å². The van der Waals surface area contributed by atoms with Gasteiger partial charge in [0.15, 0.2) is 0 Å².